The summed E-state index contributed by atoms with van der Waals surface area (Å²) in [6.45, 7) is 0.257. The minimum Gasteiger partial charge on any atom is -0.462 e. The highest BCUT2D eigenvalue weighted by molar-refractivity contribution is 5.95. The molecule has 0 aliphatic carbocycles. The summed E-state index contributed by atoms with van der Waals surface area (Å²) in [5.74, 6) is 0.407. The number of nitrogens with two attached hydrogens (primary N) is 2. The second kappa shape index (κ2) is 5.43. The summed E-state index contributed by atoms with van der Waals surface area (Å²) in [7, 11) is 1.89. The molecular weight excluding hydrogens is 244 g/mol. The smallest absolute Gasteiger partial charge is 0.340 e. The molecular formula is C13H16N4O2. The number of hydrogen-bond donors (Lipinski definition) is 2. The Bertz CT molecular complexity index is 592. The largest absolute Gasteiger partial charge is 0.462 e. The Hall–Kier alpha value is -2.50. The Morgan fingerprint density at radius 3 is 2.84 bits per heavy atom. The number of aromatic nitrogens is 2. The molecule has 19 heavy (non-hydrogen) atoms. The van der Waals surface area contributed by atoms with Crippen molar-refractivity contribution in [3.63, 3.8) is 0 Å². The second-order valence-electron chi connectivity index (χ2n) is 4.19. The molecule has 0 radical (unpaired) electrons. The van der Waals surface area contributed by atoms with Crippen LogP contribution in [0.15, 0.2) is 30.6 Å². The molecule has 4 N–H and O–H groups in total. The van der Waals surface area contributed by atoms with E-state index in [1.807, 2.05) is 17.8 Å². The van der Waals surface area contributed by atoms with Crippen molar-refractivity contribution in [3.8, 4) is 0 Å². The summed E-state index contributed by atoms with van der Waals surface area (Å²) in [6, 6.07) is 4.72. The van der Waals surface area contributed by atoms with Crippen molar-refractivity contribution < 1.29 is 9.53 Å². The maximum absolute atomic E-state index is 11.8. The number of carbonyl (C=O) groups is 1. The molecule has 0 saturated carbocycles. The van der Waals surface area contributed by atoms with E-state index in [1.165, 1.54) is 6.07 Å². The maximum Gasteiger partial charge on any atom is 0.340 e. The first kappa shape index (κ1) is 12.9. The fourth-order valence-electron chi connectivity index (χ4n) is 1.72. The Morgan fingerprint density at radius 1 is 1.42 bits per heavy atom. The summed E-state index contributed by atoms with van der Waals surface area (Å²) >= 11 is 0. The fourth-order valence-corrected chi connectivity index (χ4v) is 1.72. The van der Waals surface area contributed by atoms with Gasteiger partial charge >= 0.3 is 5.97 Å². The number of carbonyl (C=O) groups excluding carboxylic acids is 1. The number of hydrogen-bond acceptors (Lipinski definition) is 5. The van der Waals surface area contributed by atoms with Crippen LogP contribution in [0.5, 0.6) is 0 Å². The van der Waals surface area contributed by atoms with Crippen LogP contribution in [0, 0.1) is 0 Å². The molecule has 2 aromatic rings. The number of anilines is 2. The highest BCUT2D eigenvalue weighted by Crippen LogP contribution is 2.16. The minimum absolute atomic E-state index is 0.257. The van der Waals surface area contributed by atoms with Gasteiger partial charge in [-0.15, -0.1) is 0 Å². The summed E-state index contributed by atoms with van der Waals surface area (Å²) in [5.41, 5.74) is 12.4. The van der Waals surface area contributed by atoms with Crippen molar-refractivity contribution in [2.75, 3.05) is 18.1 Å². The van der Waals surface area contributed by atoms with Crippen LogP contribution in [0.2, 0.25) is 0 Å². The summed E-state index contributed by atoms with van der Waals surface area (Å²) in [5, 5.41) is 0. The molecule has 0 spiro atoms. The zero-order valence-electron chi connectivity index (χ0n) is 10.7. The second-order valence-corrected chi connectivity index (χ2v) is 4.19. The first-order valence-electron chi connectivity index (χ1n) is 5.86. The molecule has 1 aromatic heterocycles. The van der Waals surface area contributed by atoms with Crippen molar-refractivity contribution in [2.24, 2.45) is 7.05 Å². The molecule has 0 bridgehead atoms. The quantitative estimate of drug-likeness (QED) is 0.631. The van der Waals surface area contributed by atoms with Crippen LogP contribution in [0.1, 0.15) is 16.2 Å². The van der Waals surface area contributed by atoms with E-state index in [9.17, 15) is 4.79 Å². The van der Waals surface area contributed by atoms with E-state index in [4.69, 9.17) is 16.2 Å². The summed E-state index contributed by atoms with van der Waals surface area (Å²) in [6.07, 6.45) is 4.11. The molecule has 6 nitrogen and oxygen atoms in total. The number of nitrogen functional groups attached to an aromatic ring is 2. The summed E-state index contributed by atoms with van der Waals surface area (Å²) in [4.78, 5) is 16.0. The predicted octanol–water partition coefficient (Wildman–Crippen LogP) is 0.984. The molecule has 0 saturated heterocycles. The van der Waals surface area contributed by atoms with Gasteiger partial charge in [0.05, 0.1) is 12.2 Å². The number of imidazole rings is 1. The van der Waals surface area contributed by atoms with Gasteiger partial charge in [0.1, 0.15) is 5.82 Å². The van der Waals surface area contributed by atoms with Gasteiger partial charge in [-0.3, -0.25) is 0 Å². The molecule has 1 aromatic carbocycles. The molecule has 0 atom stereocenters. The molecule has 6 heteroatoms. The number of rotatable bonds is 4. The molecule has 100 valence electrons. The van der Waals surface area contributed by atoms with Crippen LogP contribution in [0.4, 0.5) is 11.4 Å². The van der Waals surface area contributed by atoms with Gasteiger partial charge in [0.15, 0.2) is 0 Å². The van der Waals surface area contributed by atoms with E-state index in [0.717, 1.165) is 5.82 Å². The van der Waals surface area contributed by atoms with Crippen LogP contribution in [0.25, 0.3) is 0 Å². The fraction of sp³-hybridized carbons (Fsp3) is 0.231. The highest BCUT2D eigenvalue weighted by atomic mass is 16.5. The van der Waals surface area contributed by atoms with E-state index >= 15 is 0 Å². The predicted molar refractivity (Wildman–Crippen MR) is 72.5 cm³/mol. The van der Waals surface area contributed by atoms with Crippen LogP contribution in [-0.2, 0) is 18.2 Å². The van der Waals surface area contributed by atoms with Gasteiger partial charge in [0.2, 0.25) is 0 Å². The van der Waals surface area contributed by atoms with Gasteiger partial charge in [-0.25, -0.2) is 9.78 Å². The number of benzene rings is 1. The van der Waals surface area contributed by atoms with E-state index in [1.54, 1.807) is 18.3 Å². The van der Waals surface area contributed by atoms with E-state index in [0.29, 0.717) is 23.4 Å². The van der Waals surface area contributed by atoms with Crippen molar-refractivity contribution in [3.05, 3.63) is 42.0 Å². The molecule has 0 aliphatic heterocycles. The molecule has 0 unspecified atom stereocenters. The average molecular weight is 260 g/mol. The number of nitrogens with zero attached hydrogens (tertiary/aromatic N) is 2. The van der Waals surface area contributed by atoms with Crippen molar-refractivity contribution in [1.29, 1.82) is 0 Å². The lowest BCUT2D eigenvalue weighted by molar-refractivity contribution is 0.0508. The minimum atomic E-state index is -0.452. The van der Waals surface area contributed by atoms with E-state index < -0.39 is 5.97 Å². The molecule has 1 heterocycles. The third kappa shape index (κ3) is 3.04. The van der Waals surface area contributed by atoms with Gasteiger partial charge in [-0.05, 0) is 18.2 Å². The van der Waals surface area contributed by atoms with Crippen LogP contribution < -0.4 is 11.5 Å². The Labute approximate surface area is 111 Å². The van der Waals surface area contributed by atoms with E-state index in [2.05, 4.69) is 4.98 Å². The molecule has 0 fully saturated rings. The van der Waals surface area contributed by atoms with Gasteiger partial charge < -0.3 is 20.8 Å². The first-order valence-corrected chi connectivity index (χ1v) is 5.86. The average Bonchev–Trinajstić information content (AvgIpc) is 2.75. The normalized spacial score (nSPS) is 10.4. The van der Waals surface area contributed by atoms with Crippen LogP contribution >= 0.6 is 0 Å². The van der Waals surface area contributed by atoms with E-state index in [-0.39, 0.29) is 6.61 Å². The van der Waals surface area contributed by atoms with Crippen molar-refractivity contribution in [2.45, 2.75) is 6.42 Å². The Morgan fingerprint density at radius 2 is 2.21 bits per heavy atom. The lowest BCUT2D eigenvalue weighted by Gasteiger charge is -2.07. The maximum atomic E-state index is 11.8. The Balaban J connectivity index is 1.93. The molecule has 2 rings (SSSR count). The number of ether oxygens (including phenoxy) is 1. The van der Waals surface area contributed by atoms with Gasteiger partial charge in [0, 0.05) is 37.2 Å². The zero-order valence-corrected chi connectivity index (χ0v) is 10.7. The zero-order chi connectivity index (χ0) is 13.8. The molecule has 0 aliphatic rings. The van der Waals surface area contributed by atoms with Crippen molar-refractivity contribution in [1.82, 2.24) is 9.55 Å². The van der Waals surface area contributed by atoms with Crippen molar-refractivity contribution >= 4 is 17.3 Å². The van der Waals surface area contributed by atoms with Crippen LogP contribution in [0.3, 0.4) is 0 Å². The highest BCUT2D eigenvalue weighted by Gasteiger charge is 2.11. The standard InChI is InChI=1S/C13H16N4O2/c1-17-6-5-16-12(17)4-7-19-13(18)10-3-2-9(14)8-11(10)15/h2-3,5-6,8H,4,7,14-15H2,1H3. The van der Waals surface area contributed by atoms with Gasteiger partial charge in [-0.2, -0.15) is 0 Å². The van der Waals surface area contributed by atoms with Crippen LogP contribution in [-0.4, -0.2) is 22.1 Å². The third-order valence-electron chi connectivity index (χ3n) is 2.78. The summed E-state index contributed by atoms with van der Waals surface area (Å²) < 4.78 is 7.04. The number of aryl methyl sites for hydroxylation is 1. The van der Waals surface area contributed by atoms with Gasteiger partial charge in [0.25, 0.3) is 0 Å². The lowest BCUT2D eigenvalue weighted by atomic mass is 10.1. The van der Waals surface area contributed by atoms with Gasteiger partial charge in [-0.1, -0.05) is 0 Å². The Kier molecular flexibility index (Phi) is 3.70. The lowest BCUT2D eigenvalue weighted by Crippen LogP contribution is -2.12. The molecule has 0 amide bonds. The topological polar surface area (TPSA) is 96.2 Å². The first-order chi connectivity index (χ1) is 9.08. The SMILES string of the molecule is Cn1ccnc1CCOC(=O)c1ccc(N)cc1N. The number of esters is 1. The third-order valence-corrected chi connectivity index (χ3v) is 2.78. The monoisotopic (exact) mass is 260 g/mol.